The lowest BCUT2D eigenvalue weighted by Crippen LogP contribution is -2.16. The number of amides is 1. The van der Waals surface area contributed by atoms with Gasteiger partial charge in [-0.05, 0) is 38.0 Å². The third kappa shape index (κ3) is 3.27. The van der Waals surface area contributed by atoms with Crippen LogP contribution in [0.3, 0.4) is 0 Å². The van der Waals surface area contributed by atoms with Gasteiger partial charge in [0, 0.05) is 47.4 Å². The van der Waals surface area contributed by atoms with E-state index in [-0.39, 0.29) is 12.3 Å². The number of anilines is 1. The van der Waals surface area contributed by atoms with Gasteiger partial charge in [-0.25, -0.2) is 14.4 Å². The van der Waals surface area contributed by atoms with E-state index < -0.39 is 12.1 Å². The average molecular weight is 418 g/mol. The molecule has 4 aromatic rings. The SMILES string of the molecule is C/C(=N/O)c1cc(C)c(-c2cc3cnc(NC(=O)[C@H]4C[C@H]4F)cc3n3ccnc23)cn1. The van der Waals surface area contributed by atoms with E-state index in [0.717, 1.165) is 33.2 Å². The molecule has 1 amide bonds. The van der Waals surface area contributed by atoms with E-state index in [4.69, 9.17) is 5.21 Å². The van der Waals surface area contributed by atoms with Crippen molar-refractivity contribution in [3.05, 3.63) is 54.2 Å². The number of nitrogens with zero attached hydrogens (tertiary/aromatic N) is 5. The highest BCUT2D eigenvalue weighted by molar-refractivity contribution is 5.99. The van der Waals surface area contributed by atoms with Crippen molar-refractivity contribution >= 4 is 34.0 Å². The Hall–Kier alpha value is -3.88. The van der Waals surface area contributed by atoms with Gasteiger partial charge < -0.3 is 10.5 Å². The van der Waals surface area contributed by atoms with Gasteiger partial charge in [0.2, 0.25) is 5.91 Å². The number of pyridine rings is 3. The minimum atomic E-state index is -1.06. The average Bonchev–Trinajstić information content (AvgIpc) is 3.30. The van der Waals surface area contributed by atoms with Crippen LogP contribution in [0.15, 0.2) is 48.1 Å². The fourth-order valence-corrected chi connectivity index (χ4v) is 3.70. The maximum absolute atomic E-state index is 13.2. The van der Waals surface area contributed by atoms with Crippen LogP contribution in [0.1, 0.15) is 24.6 Å². The van der Waals surface area contributed by atoms with Crippen molar-refractivity contribution in [2.45, 2.75) is 26.4 Å². The zero-order valence-electron chi connectivity index (χ0n) is 16.9. The van der Waals surface area contributed by atoms with Crippen LogP contribution < -0.4 is 5.32 Å². The fourth-order valence-electron chi connectivity index (χ4n) is 3.70. The van der Waals surface area contributed by atoms with Crippen LogP contribution in [-0.4, -0.2) is 42.4 Å². The minimum Gasteiger partial charge on any atom is -0.411 e. The Morgan fingerprint density at radius 3 is 2.74 bits per heavy atom. The number of aryl methyl sites for hydroxylation is 1. The Balaban J connectivity index is 1.60. The zero-order chi connectivity index (χ0) is 21.7. The number of halogens is 1. The van der Waals surface area contributed by atoms with Gasteiger partial charge in [0.05, 0.1) is 17.1 Å². The monoisotopic (exact) mass is 418 g/mol. The highest BCUT2D eigenvalue weighted by Gasteiger charge is 2.43. The third-order valence-electron chi connectivity index (χ3n) is 5.58. The summed E-state index contributed by atoms with van der Waals surface area (Å²) in [6, 6.07) is 5.60. The lowest BCUT2D eigenvalue weighted by atomic mass is 10.0. The maximum atomic E-state index is 13.2. The molecule has 1 aliphatic rings. The van der Waals surface area contributed by atoms with Gasteiger partial charge in [0.15, 0.2) is 0 Å². The molecule has 0 aromatic carbocycles. The molecule has 5 rings (SSSR count). The van der Waals surface area contributed by atoms with E-state index in [0.29, 0.717) is 17.2 Å². The van der Waals surface area contributed by atoms with Crippen molar-refractivity contribution in [2.75, 3.05) is 5.32 Å². The van der Waals surface area contributed by atoms with Crippen LogP contribution in [0, 0.1) is 12.8 Å². The molecular formula is C22H19FN6O2. The minimum absolute atomic E-state index is 0.268. The molecule has 156 valence electrons. The van der Waals surface area contributed by atoms with Crippen molar-refractivity contribution in [1.29, 1.82) is 0 Å². The van der Waals surface area contributed by atoms with Crippen molar-refractivity contribution < 1.29 is 14.4 Å². The second kappa shape index (κ2) is 7.12. The molecule has 31 heavy (non-hydrogen) atoms. The predicted octanol–water partition coefficient (Wildman–Crippen LogP) is 3.75. The van der Waals surface area contributed by atoms with Crippen molar-refractivity contribution in [2.24, 2.45) is 11.1 Å². The van der Waals surface area contributed by atoms with E-state index in [2.05, 4.69) is 25.4 Å². The molecule has 8 nitrogen and oxygen atoms in total. The summed E-state index contributed by atoms with van der Waals surface area (Å²) in [5.41, 5.74) is 5.31. The molecule has 0 radical (unpaired) electrons. The zero-order valence-corrected chi connectivity index (χ0v) is 16.9. The summed E-state index contributed by atoms with van der Waals surface area (Å²) in [4.78, 5) is 25.3. The normalized spacial score (nSPS) is 18.5. The van der Waals surface area contributed by atoms with Crippen molar-refractivity contribution in [3.8, 4) is 11.1 Å². The van der Waals surface area contributed by atoms with E-state index in [1.807, 2.05) is 29.7 Å². The Morgan fingerprint density at radius 2 is 2.03 bits per heavy atom. The van der Waals surface area contributed by atoms with Gasteiger partial charge in [-0.15, -0.1) is 0 Å². The fraction of sp³-hybridized carbons (Fsp3) is 0.227. The molecule has 4 heterocycles. The Kier molecular flexibility index (Phi) is 4.39. The van der Waals surface area contributed by atoms with Crippen LogP contribution in [0.4, 0.5) is 10.2 Å². The van der Waals surface area contributed by atoms with Crippen LogP contribution in [0.5, 0.6) is 0 Å². The Morgan fingerprint density at radius 1 is 1.23 bits per heavy atom. The van der Waals surface area contributed by atoms with E-state index in [9.17, 15) is 9.18 Å². The lowest BCUT2D eigenvalue weighted by Gasteiger charge is -2.12. The quantitative estimate of drug-likeness (QED) is 0.298. The molecule has 0 saturated heterocycles. The summed E-state index contributed by atoms with van der Waals surface area (Å²) in [5.74, 6) is -0.548. The van der Waals surface area contributed by atoms with Crippen LogP contribution in [0.2, 0.25) is 0 Å². The molecule has 1 aliphatic carbocycles. The summed E-state index contributed by atoms with van der Waals surface area (Å²) in [5, 5.41) is 15.8. The van der Waals surface area contributed by atoms with Crippen molar-refractivity contribution in [3.63, 3.8) is 0 Å². The number of aromatic nitrogens is 4. The molecule has 4 aromatic heterocycles. The van der Waals surface area contributed by atoms with Gasteiger partial charge in [-0.2, -0.15) is 0 Å². The number of nitrogens with one attached hydrogen (secondary N) is 1. The number of oxime groups is 1. The second-order valence-corrected chi connectivity index (χ2v) is 7.72. The summed E-state index contributed by atoms with van der Waals surface area (Å²) in [7, 11) is 0. The van der Waals surface area contributed by atoms with E-state index in [1.54, 1.807) is 31.6 Å². The lowest BCUT2D eigenvalue weighted by molar-refractivity contribution is -0.117. The maximum Gasteiger partial charge on any atom is 0.231 e. The topological polar surface area (TPSA) is 105 Å². The van der Waals surface area contributed by atoms with Crippen molar-refractivity contribution in [1.82, 2.24) is 19.4 Å². The summed E-state index contributed by atoms with van der Waals surface area (Å²) < 4.78 is 15.1. The summed E-state index contributed by atoms with van der Waals surface area (Å²) in [6.45, 7) is 3.64. The number of carbonyl (C=O) groups is 1. The number of rotatable bonds is 4. The molecule has 2 atom stereocenters. The molecular weight excluding hydrogens is 399 g/mol. The highest BCUT2D eigenvalue weighted by atomic mass is 19.1. The van der Waals surface area contributed by atoms with Crippen LogP contribution >= 0.6 is 0 Å². The largest absolute Gasteiger partial charge is 0.411 e. The highest BCUT2D eigenvalue weighted by Crippen LogP contribution is 2.35. The van der Waals surface area contributed by atoms with Crippen LogP contribution in [0.25, 0.3) is 27.7 Å². The number of imidazole rings is 1. The molecule has 1 fully saturated rings. The second-order valence-electron chi connectivity index (χ2n) is 7.72. The summed E-state index contributed by atoms with van der Waals surface area (Å²) >= 11 is 0. The predicted molar refractivity (Wildman–Crippen MR) is 114 cm³/mol. The van der Waals surface area contributed by atoms with Gasteiger partial charge in [-0.1, -0.05) is 5.16 Å². The number of carbonyl (C=O) groups excluding carboxylic acids is 1. The molecule has 1 saturated carbocycles. The van der Waals surface area contributed by atoms with Gasteiger partial charge >= 0.3 is 0 Å². The molecule has 0 bridgehead atoms. The van der Waals surface area contributed by atoms with E-state index in [1.165, 1.54) is 0 Å². The number of alkyl halides is 1. The van der Waals surface area contributed by atoms with Gasteiger partial charge in [-0.3, -0.25) is 14.2 Å². The summed E-state index contributed by atoms with van der Waals surface area (Å²) in [6.07, 6.45) is 6.16. The molecule has 0 unspecified atom stereocenters. The molecule has 9 heteroatoms. The first kappa shape index (κ1) is 19.1. The standard InChI is InChI=1S/C22H19FN6O2/c1-11-5-18(12(2)28-31)25-10-16(11)14-6-13-9-26-20(27-22(30)15-7-17(15)23)8-19(13)29-4-3-24-21(14)29/h3-6,8-10,15,17,31H,7H2,1-2H3,(H,26,27,30)/b28-12-/t15-,17+/m0/s1. The van der Waals surface area contributed by atoms with Crippen LogP contribution in [-0.2, 0) is 4.79 Å². The van der Waals surface area contributed by atoms with E-state index >= 15 is 0 Å². The first-order chi connectivity index (χ1) is 15.0. The molecule has 0 aliphatic heterocycles. The first-order valence-corrected chi connectivity index (χ1v) is 9.83. The third-order valence-corrected chi connectivity index (χ3v) is 5.58. The number of hydrogen-bond donors (Lipinski definition) is 2. The number of hydrogen-bond acceptors (Lipinski definition) is 6. The van der Waals surface area contributed by atoms with Gasteiger partial charge in [0.25, 0.3) is 0 Å². The molecule has 2 N–H and O–H groups in total. The van der Waals surface area contributed by atoms with Gasteiger partial charge in [0.1, 0.15) is 23.3 Å². The Labute approximate surface area is 176 Å². The molecule has 0 spiro atoms. The first-order valence-electron chi connectivity index (χ1n) is 9.83. The Bertz CT molecular complexity index is 1380. The number of fused-ring (bicyclic) bond motifs is 3. The smallest absolute Gasteiger partial charge is 0.231 e.